The summed E-state index contributed by atoms with van der Waals surface area (Å²) in [5.74, 6) is 2.33. The van der Waals surface area contributed by atoms with Crippen LogP contribution in [0.1, 0.15) is 56.5 Å². The van der Waals surface area contributed by atoms with E-state index in [0.29, 0.717) is 11.5 Å². The lowest BCUT2D eigenvalue weighted by Crippen LogP contribution is -1.95. The largest absolute Gasteiger partial charge is 0.275 e. The second-order valence-corrected chi connectivity index (χ2v) is 8.65. The van der Waals surface area contributed by atoms with Gasteiger partial charge in [0.05, 0.1) is 6.20 Å². The Morgan fingerprint density at radius 1 is 0.906 bits per heavy atom. The van der Waals surface area contributed by atoms with Crippen molar-refractivity contribution in [3.63, 3.8) is 0 Å². The number of aromatic nitrogens is 5. The maximum Gasteiger partial charge on any atom is 0.181 e. The summed E-state index contributed by atoms with van der Waals surface area (Å²) in [6, 6.07) is 13.9. The van der Waals surface area contributed by atoms with E-state index in [1.165, 1.54) is 5.56 Å². The molecule has 2 aromatic carbocycles. The second-order valence-electron chi connectivity index (χ2n) is 8.65. The molecule has 0 fully saturated rings. The number of aryl methyl sites for hydroxylation is 3. The highest BCUT2D eigenvalue weighted by atomic mass is 19.1. The Morgan fingerprint density at radius 2 is 1.62 bits per heavy atom. The van der Waals surface area contributed by atoms with E-state index >= 15 is 0 Å². The van der Waals surface area contributed by atoms with E-state index in [2.05, 4.69) is 53.3 Å². The van der Waals surface area contributed by atoms with Gasteiger partial charge in [0.1, 0.15) is 11.6 Å². The summed E-state index contributed by atoms with van der Waals surface area (Å²) in [5, 5.41) is 8.45. The Morgan fingerprint density at radius 3 is 2.19 bits per heavy atom. The van der Waals surface area contributed by atoms with Gasteiger partial charge >= 0.3 is 0 Å². The first kappa shape index (κ1) is 23.4. The monoisotopic (exact) mass is 433 g/mol. The first-order valence-corrected chi connectivity index (χ1v) is 10.9. The smallest absolute Gasteiger partial charge is 0.181 e. The fourth-order valence-electron chi connectivity index (χ4n) is 3.40. The van der Waals surface area contributed by atoms with E-state index in [0.717, 1.165) is 28.3 Å². The van der Waals surface area contributed by atoms with Crippen LogP contribution in [0.15, 0.2) is 54.9 Å². The van der Waals surface area contributed by atoms with Crippen molar-refractivity contribution < 1.29 is 4.39 Å². The number of benzene rings is 2. The van der Waals surface area contributed by atoms with E-state index < -0.39 is 0 Å². The molecular weight excluding hydrogens is 401 g/mol. The minimum Gasteiger partial charge on any atom is -0.275 e. The van der Waals surface area contributed by atoms with Crippen LogP contribution in [-0.4, -0.2) is 24.5 Å². The van der Waals surface area contributed by atoms with Crippen molar-refractivity contribution in [3.8, 4) is 22.5 Å². The van der Waals surface area contributed by atoms with Gasteiger partial charge in [-0.1, -0.05) is 64.1 Å². The summed E-state index contributed by atoms with van der Waals surface area (Å²) in [5.41, 5.74) is 4.61. The molecule has 32 heavy (non-hydrogen) atoms. The fourth-order valence-corrected chi connectivity index (χ4v) is 3.40. The van der Waals surface area contributed by atoms with Gasteiger partial charge in [-0.15, -0.1) is 0 Å². The molecule has 2 aromatic heterocycles. The predicted octanol–water partition coefficient (Wildman–Crippen LogP) is 6.26. The van der Waals surface area contributed by atoms with Crippen LogP contribution >= 0.6 is 0 Å². The summed E-state index contributed by atoms with van der Waals surface area (Å²) in [6.45, 7) is 10.3. The van der Waals surface area contributed by atoms with Crippen LogP contribution in [0.4, 0.5) is 4.39 Å². The van der Waals surface area contributed by atoms with Gasteiger partial charge in [0.25, 0.3) is 0 Å². The fraction of sp³-hybridized carbons (Fsp3) is 0.346. The number of hydrogen-bond acceptors (Lipinski definition) is 3. The topological polar surface area (TPSA) is 48.5 Å². The highest BCUT2D eigenvalue weighted by Crippen LogP contribution is 2.28. The summed E-state index contributed by atoms with van der Waals surface area (Å²) in [4.78, 5) is 4.43. The van der Waals surface area contributed by atoms with Crippen LogP contribution in [0.25, 0.3) is 22.5 Å². The van der Waals surface area contributed by atoms with Crippen molar-refractivity contribution in [2.24, 2.45) is 14.1 Å². The zero-order valence-electron chi connectivity index (χ0n) is 20.0. The van der Waals surface area contributed by atoms with Gasteiger partial charge < -0.3 is 0 Å². The average Bonchev–Trinajstić information content (AvgIpc) is 3.33. The molecule has 0 N–H and O–H groups in total. The van der Waals surface area contributed by atoms with Crippen molar-refractivity contribution >= 4 is 0 Å². The van der Waals surface area contributed by atoms with Crippen LogP contribution in [0.2, 0.25) is 0 Å². The summed E-state index contributed by atoms with van der Waals surface area (Å²) < 4.78 is 17.7. The van der Waals surface area contributed by atoms with Gasteiger partial charge in [-0.3, -0.25) is 9.36 Å². The van der Waals surface area contributed by atoms with Gasteiger partial charge in [0, 0.05) is 37.0 Å². The van der Waals surface area contributed by atoms with Gasteiger partial charge in [-0.05, 0) is 36.0 Å². The highest BCUT2D eigenvalue weighted by Gasteiger charge is 2.13. The van der Waals surface area contributed by atoms with Crippen LogP contribution in [0.3, 0.4) is 0 Å². The molecule has 0 amide bonds. The van der Waals surface area contributed by atoms with Gasteiger partial charge in [0.2, 0.25) is 0 Å². The Kier molecular flexibility index (Phi) is 7.23. The number of hydrogen-bond donors (Lipinski definition) is 0. The predicted molar refractivity (Wildman–Crippen MR) is 128 cm³/mol. The minimum atomic E-state index is -0.134. The summed E-state index contributed by atoms with van der Waals surface area (Å²) in [6.07, 6.45) is 3.50. The summed E-state index contributed by atoms with van der Waals surface area (Å²) >= 11 is 0. The van der Waals surface area contributed by atoms with Crippen molar-refractivity contribution in [2.75, 3.05) is 0 Å². The van der Waals surface area contributed by atoms with E-state index in [4.69, 9.17) is 0 Å². The Bertz CT molecular complexity index is 1170. The van der Waals surface area contributed by atoms with E-state index in [1.54, 1.807) is 21.6 Å². The highest BCUT2D eigenvalue weighted by molar-refractivity contribution is 5.63. The molecule has 0 aliphatic heterocycles. The Balaban J connectivity index is 0.000000181. The van der Waals surface area contributed by atoms with E-state index in [1.807, 2.05) is 53.2 Å². The van der Waals surface area contributed by atoms with Crippen LogP contribution in [0, 0.1) is 12.7 Å². The quantitative estimate of drug-likeness (QED) is 0.381. The molecule has 6 heteroatoms. The minimum absolute atomic E-state index is 0.134. The molecular formula is C26H32FN5. The maximum atomic E-state index is 14.2. The molecule has 5 nitrogen and oxygen atoms in total. The molecule has 0 aliphatic rings. The van der Waals surface area contributed by atoms with Gasteiger partial charge in [-0.25, -0.2) is 9.37 Å². The molecule has 0 bridgehead atoms. The third kappa shape index (κ3) is 5.31. The molecule has 4 rings (SSSR count). The van der Waals surface area contributed by atoms with Crippen molar-refractivity contribution in [2.45, 2.75) is 46.5 Å². The second kappa shape index (κ2) is 9.90. The Labute approximate surface area is 189 Å². The van der Waals surface area contributed by atoms with Gasteiger partial charge in [-0.2, -0.15) is 10.2 Å². The molecule has 0 atom stereocenters. The van der Waals surface area contributed by atoms with Crippen LogP contribution in [0.5, 0.6) is 0 Å². The molecule has 0 spiro atoms. The lowest BCUT2D eigenvalue weighted by Gasteiger charge is -2.09. The number of nitrogens with zero attached hydrogens (tertiary/aromatic N) is 5. The summed E-state index contributed by atoms with van der Waals surface area (Å²) in [7, 11) is 3.74. The standard InChI is InChI=1S/C13H15FN2.C13H17N3/c1-9(2)11-5-4-6-12(13(11)14)10-7-15-16(3)8-10;1-9(2)11-6-5-7-12(8-11)13-14-10(3)16(4)15-13/h4-9H,1-3H3;5-9H,1-4H3. The normalized spacial score (nSPS) is 11.1. The average molecular weight is 434 g/mol. The molecule has 0 saturated carbocycles. The zero-order valence-corrected chi connectivity index (χ0v) is 20.0. The molecule has 0 aliphatic carbocycles. The third-order valence-electron chi connectivity index (χ3n) is 5.46. The molecule has 2 heterocycles. The SMILES string of the molecule is CC(C)c1cccc(-c2cnn(C)c2)c1F.Cc1nc(-c2cccc(C(C)C)c2)nn1C. The van der Waals surface area contributed by atoms with E-state index in [-0.39, 0.29) is 11.7 Å². The van der Waals surface area contributed by atoms with Gasteiger partial charge in [0.15, 0.2) is 5.82 Å². The molecule has 0 saturated heterocycles. The first-order chi connectivity index (χ1) is 15.2. The van der Waals surface area contributed by atoms with Crippen LogP contribution in [-0.2, 0) is 14.1 Å². The van der Waals surface area contributed by atoms with Crippen molar-refractivity contribution in [1.82, 2.24) is 24.5 Å². The lowest BCUT2D eigenvalue weighted by molar-refractivity contribution is 0.602. The number of rotatable bonds is 4. The zero-order chi connectivity index (χ0) is 23.4. The van der Waals surface area contributed by atoms with Crippen molar-refractivity contribution in [3.05, 3.63) is 77.6 Å². The lowest BCUT2D eigenvalue weighted by atomic mass is 9.98. The Hall–Kier alpha value is -3.28. The van der Waals surface area contributed by atoms with E-state index in [9.17, 15) is 4.39 Å². The maximum absolute atomic E-state index is 14.2. The number of halogens is 1. The third-order valence-corrected chi connectivity index (χ3v) is 5.46. The molecule has 0 unspecified atom stereocenters. The van der Waals surface area contributed by atoms with Crippen molar-refractivity contribution in [1.29, 1.82) is 0 Å². The molecule has 168 valence electrons. The molecule has 4 aromatic rings. The van der Waals surface area contributed by atoms with Crippen LogP contribution < -0.4 is 0 Å². The molecule has 0 radical (unpaired) electrons. The first-order valence-electron chi connectivity index (χ1n) is 10.9.